The van der Waals surface area contributed by atoms with Gasteiger partial charge in [0.1, 0.15) is 0 Å². The van der Waals surface area contributed by atoms with E-state index in [4.69, 9.17) is 0 Å². The van der Waals surface area contributed by atoms with Gasteiger partial charge in [-0.2, -0.15) is 4.89 Å². The van der Waals surface area contributed by atoms with E-state index in [0.29, 0.717) is 0 Å². The van der Waals surface area contributed by atoms with Gasteiger partial charge in [0.15, 0.2) is 0 Å². The smallest absolute Gasteiger partial charge is 0.342 e. The minimum atomic E-state index is -0.703. The van der Waals surface area contributed by atoms with Crippen molar-refractivity contribution in [1.82, 2.24) is 0 Å². The van der Waals surface area contributed by atoms with Gasteiger partial charge >= 0.3 is 11.9 Å². The topological polar surface area (TPSA) is 80.3 Å². The monoisotopic (exact) mass is 180 g/mol. The third-order valence-electron chi connectivity index (χ3n) is 0.538. The maximum absolute atomic E-state index is 10.1. The number of hydrogen-bond donors (Lipinski definition) is 0. The molecule has 0 amide bonds. The summed E-state index contributed by atoms with van der Waals surface area (Å²) in [5.74, 6) is -1.24. The van der Waals surface area contributed by atoms with Crippen molar-refractivity contribution < 1.29 is 34.2 Å². The lowest BCUT2D eigenvalue weighted by Gasteiger charge is -2.00. The van der Waals surface area contributed by atoms with Crippen LogP contribution in [0.2, 0.25) is 0 Å². The number of esters is 1. The van der Waals surface area contributed by atoms with E-state index in [9.17, 15) is 9.59 Å². The van der Waals surface area contributed by atoms with Crippen LogP contribution in [0.3, 0.4) is 0 Å². The van der Waals surface area contributed by atoms with Crippen LogP contribution in [0.25, 0.3) is 0 Å². The second-order valence-electron chi connectivity index (χ2n) is 1.58. The summed E-state index contributed by atoms with van der Waals surface area (Å²) >= 11 is 0. The number of rotatable bonds is 5. The first-order valence-electron chi connectivity index (χ1n) is 2.89. The molecule has 0 radical (unpaired) electrons. The van der Waals surface area contributed by atoms with Gasteiger partial charge in [0.25, 0.3) is 0 Å². The molecule has 0 aliphatic carbocycles. The Kier molecular flexibility index (Phi) is 5.88. The van der Waals surface area contributed by atoms with Gasteiger partial charge in [-0.15, -0.1) is 0 Å². The molecule has 7 nitrogen and oxygen atoms in total. The summed E-state index contributed by atoms with van der Waals surface area (Å²) in [6, 6.07) is 0. The third-order valence-corrected chi connectivity index (χ3v) is 0.538. The van der Waals surface area contributed by atoms with E-state index in [1.54, 1.807) is 0 Å². The lowest BCUT2D eigenvalue weighted by Crippen LogP contribution is -2.07. The zero-order valence-corrected chi connectivity index (χ0v) is 6.56. The normalized spacial score (nSPS) is 9.17. The molecular formula is C5H8O7. The number of ether oxygens (including phenoxy) is 1. The van der Waals surface area contributed by atoms with Crippen LogP contribution < -0.4 is 0 Å². The van der Waals surface area contributed by atoms with Gasteiger partial charge in [-0.05, 0) is 5.04 Å². The SMILES string of the molecule is CC(=O)OCOOOOC(C)=O. The summed E-state index contributed by atoms with van der Waals surface area (Å²) in [7, 11) is 0. The Morgan fingerprint density at radius 3 is 2.25 bits per heavy atom. The van der Waals surface area contributed by atoms with E-state index in [0.717, 1.165) is 6.92 Å². The molecule has 0 heterocycles. The molecule has 0 aliphatic rings. The van der Waals surface area contributed by atoms with Crippen LogP contribution in [0.5, 0.6) is 0 Å². The van der Waals surface area contributed by atoms with Crippen LogP contribution in [0.1, 0.15) is 13.8 Å². The van der Waals surface area contributed by atoms with Crippen molar-refractivity contribution in [3.05, 3.63) is 0 Å². The zero-order valence-electron chi connectivity index (χ0n) is 6.56. The zero-order chi connectivity index (χ0) is 9.40. The van der Waals surface area contributed by atoms with Crippen molar-refractivity contribution in [2.45, 2.75) is 13.8 Å². The Morgan fingerprint density at radius 1 is 1.08 bits per heavy atom. The van der Waals surface area contributed by atoms with Crippen molar-refractivity contribution in [2.24, 2.45) is 0 Å². The number of hydrogen-bond acceptors (Lipinski definition) is 7. The summed E-state index contributed by atoms with van der Waals surface area (Å²) in [5, 5.41) is 7.49. The van der Waals surface area contributed by atoms with Crippen molar-refractivity contribution >= 4 is 11.9 Å². The molecule has 0 spiro atoms. The predicted octanol–water partition coefficient (Wildman–Crippen LogP) is -0.135. The van der Waals surface area contributed by atoms with Gasteiger partial charge < -0.3 is 4.74 Å². The highest BCUT2D eigenvalue weighted by Crippen LogP contribution is 1.85. The van der Waals surface area contributed by atoms with Gasteiger partial charge in [0, 0.05) is 18.9 Å². The van der Waals surface area contributed by atoms with E-state index < -0.39 is 18.7 Å². The molecule has 0 N–H and O–H groups in total. The highest BCUT2D eigenvalue weighted by molar-refractivity contribution is 5.65. The minimum Gasteiger partial charge on any atom is -0.436 e. The van der Waals surface area contributed by atoms with Crippen LogP contribution in [-0.2, 0) is 34.2 Å². The first-order valence-corrected chi connectivity index (χ1v) is 2.89. The lowest BCUT2D eigenvalue weighted by atomic mass is 10.8. The maximum Gasteiger partial charge on any atom is 0.342 e. The first kappa shape index (κ1) is 10.8. The van der Waals surface area contributed by atoms with Gasteiger partial charge in [-0.25, -0.2) is 4.79 Å². The van der Waals surface area contributed by atoms with Crippen molar-refractivity contribution in [1.29, 1.82) is 0 Å². The Morgan fingerprint density at radius 2 is 1.75 bits per heavy atom. The average molecular weight is 180 g/mol. The average Bonchev–Trinajstić information content (AvgIpc) is 1.95. The number of carbonyl (C=O) groups excluding carboxylic acids is 2. The summed E-state index contributed by atoms with van der Waals surface area (Å²) < 4.78 is 4.24. The highest BCUT2D eigenvalue weighted by atomic mass is 17.7. The summed E-state index contributed by atoms with van der Waals surface area (Å²) in [6.45, 7) is 1.85. The minimum absolute atomic E-state index is 0.448. The molecule has 0 unspecified atom stereocenters. The standard InChI is InChI=1S/C5H8O7/c1-4(6)8-3-9-11-12-10-5(2)7/h3H2,1-2H3. The fourth-order valence-corrected chi connectivity index (χ4v) is 0.208. The molecule has 0 atom stereocenters. The van der Waals surface area contributed by atoms with Gasteiger partial charge in [0.05, 0.1) is 0 Å². The molecule has 0 aromatic heterocycles. The fourth-order valence-electron chi connectivity index (χ4n) is 0.208. The summed E-state index contributed by atoms with van der Waals surface area (Å²) in [5.41, 5.74) is 0. The van der Waals surface area contributed by atoms with Crippen molar-refractivity contribution in [3.8, 4) is 0 Å². The Balaban J connectivity index is 3.01. The maximum atomic E-state index is 10.1. The summed E-state index contributed by atoms with van der Waals surface area (Å²) in [6.07, 6.45) is 0. The van der Waals surface area contributed by atoms with Crippen molar-refractivity contribution in [3.63, 3.8) is 0 Å². The molecule has 7 heteroatoms. The van der Waals surface area contributed by atoms with E-state index in [1.807, 2.05) is 0 Å². The van der Waals surface area contributed by atoms with Crippen LogP contribution in [0.15, 0.2) is 0 Å². The van der Waals surface area contributed by atoms with Crippen LogP contribution in [-0.4, -0.2) is 18.7 Å². The van der Waals surface area contributed by atoms with E-state index in [-0.39, 0.29) is 0 Å². The quantitative estimate of drug-likeness (QED) is 0.191. The summed E-state index contributed by atoms with van der Waals surface area (Å²) in [4.78, 5) is 28.0. The van der Waals surface area contributed by atoms with Crippen LogP contribution >= 0.6 is 0 Å². The Bertz CT molecular complexity index is 136. The molecule has 0 bridgehead atoms. The van der Waals surface area contributed by atoms with Gasteiger partial charge in [0.2, 0.25) is 6.79 Å². The van der Waals surface area contributed by atoms with Gasteiger partial charge in [-0.3, -0.25) is 9.68 Å². The molecule has 70 valence electrons. The fraction of sp³-hybridized carbons (Fsp3) is 0.600. The third kappa shape index (κ3) is 8.82. The predicted molar refractivity (Wildman–Crippen MR) is 31.7 cm³/mol. The highest BCUT2D eigenvalue weighted by Gasteiger charge is 1.96. The second-order valence-corrected chi connectivity index (χ2v) is 1.58. The number of carbonyl (C=O) groups is 2. The lowest BCUT2D eigenvalue weighted by molar-refractivity contribution is -0.624. The molecule has 0 aromatic carbocycles. The van der Waals surface area contributed by atoms with E-state index in [2.05, 4.69) is 24.6 Å². The molecule has 12 heavy (non-hydrogen) atoms. The Hall–Kier alpha value is -1.18. The van der Waals surface area contributed by atoms with Crippen LogP contribution in [0.4, 0.5) is 0 Å². The van der Waals surface area contributed by atoms with Crippen LogP contribution in [0, 0.1) is 0 Å². The van der Waals surface area contributed by atoms with E-state index >= 15 is 0 Å². The molecule has 0 fully saturated rings. The largest absolute Gasteiger partial charge is 0.436 e. The molecule has 0 saturated carbocycles. The molecule has 0 saturated heterocycles. The second kappa shape index (κ2) is 6.53. The molecular weight excluding hydrogens is 172 g/mol. The first-order chi connectivity index (χ1) is 5.63. The Labute approximate surface area is 67.9 Å². The molecule has 0 rings (SSSR count). The van der Waals surface area contributed by atoms with Gasteiger partial charge in [-0.1, -0.05) is 0 Å². The molecule has 0 aliphatic heterocycles. The molecule has 0 aromatic rings. The van der Waals surface area contributed by atoms with Crippen molar-refractivity contribution in [2.75, 3.05) is 6.79 Å². The van der Waals surface area contributed by atoms with E-state index in [1.165, 1.54) is 6.92 Å².